The van der Waals surface area contributed by atoms with Gasteiger partial charge in [0.25, 0.3) is 0 Å². The van der Waals surface area contributed by atoms with E-state index in [1.165, 1.54) is 6.42 Å². The van der Waals surface area contributed by atoms with Crippen LogP contribution in [0, 0.1) is 11.8 Å². The van der Waals surface area contributed by atoms with Gasteiger partial charge in [-0.1, -0.05) is 26.2 Å². The predicted octanol–water partition coefficient (Wildman–Crippen LogP) is 1.22. The lowest BCUT2D eigenvalue weighted by atomic mass is 9.76. The van der Waals surface area contributed by atoms with E-state index < -0.39 is 12.0 Å². The number of carboxylic acid groups (broad SMARTS) is 1. The van der Waals surface area contributed by atoms with Gasteiger partial charge in [0, 0.05) is 0 Å². The fraction of sp³-hybridized carbons (Fsp3) is 0.889. The Morgan fingerprint density at radius 3 is 2.58 bits per heavy atom. The Labute approximate surface area is 72.9 Å². The third-order valence-electron chi connectivity index (χ3n) is 2.92. The summed E-state index contributed by atoms with van der Waals surface area (Å²) in [6.07, 6.45) is 4.47. The van der Waals surface area contributed by atoms with Crippen LogP contribution in [0.2, 0.25) is 0 Å². The van der Waals surface area contributed by atoms with Gasteiger partial charge in [0.05, 0.1) is 0 Å². The first-order chi connectivity index (χ1) is 5.63. The number of hydrogen-bond donors (Lipinski definition) is 2. The Hall–Kier alpha value is -0.570. The molecule has 1 aliphatic carbocycles. The van der Waals surface area contributed by atoms with Crippen molar-refractivity contribution >= 4 is 5.97 Å². The maximum atomic E-state index is 10.6. The third kappa shape index (κ3) is 1.97. The number of nitrogens with two attached hydrogens (primary N) is 1. The Bertz CT molecular complexity index is 170. The van der Waals surface area contributed by atoms with Crippen LogP contribution in [0.25, 0.3) is 0 Å². The topological polar surface area (TPSA) is 63.3 Å². The molecule has 3 N–H and O–H groups in total. The van der Waals surface area contributed by atoms with Gasteiger partial charge in [0.1, 0.15) is 6.04 Å². The Morgan fingerprint density at radius 1 is 1.50 bits per heavy atom. The quantitative estimate of drug-likeness (QED) is 0.656. The summed E-state index contributed by atoms with van der Waals surface area (Å²) in [5.74, 6) is -0.185. The molecule has 3 nitrogen and oxygen atoms in total. The van der Waals surface area contributed by atoms with Crippen LogP contribution in [-0.4, -0.2) is 17.1 Å². The van der Waals surface area contributed by atoms with Crippen molar-refractivity contribution in [2.75, 3.05) is 0 Å². The van der Waals surface area contributed by atoms with Gasteiger partial charge in [0.15, 0.2) is 0 Å². The Balaban J connectivity index is 2.53. The van der Waals surface area contributed by atoms with E-state index in [1.807, 2.05) is 0 Å². The van der Waals surface area contributed by atoms with Crippen LogP contribution in [0.3, 0.4) is 0 Å². The van der Waals surface area contributed by atoms with Crippen molar-refractivity contribution in [1.29, 1.82) is 0 Å². The molecule has 0 aliphatic heterocycles. The highest BCUT2D eigenvalue weighted by molar-refractivity contribution is 5.73. The Morgan fingerprint density at radius 2 is 2.08 bits per heavy atom. The number of hydrogen-bond acceptors (Lipinski definition) is 2. The minimum absolute atomic E-state index is 0.191. The Kier molecular flexibility index (Phi) is 3.09. The minimum Gasteiger partial charge on any atom is -0.480 e. The molecule has 70 valence electrons. The fourth-order valence-electron chi connectivity index (χ4n) is 2.06. The van der Waals surface area contributed by atoms with Crippen molar-refractivity contribution < 1.29 is 9.90 Å². The van der Waals surface area contributed by atoms with Crippen LogP contribution in [0.5, 0.6) is 0 Å². The summed E-state index contributed by atoms with van der Waals surface area (Å²) >= 11 is 0. The second-order valence-electron chi connectivity index (χ2n) is 3.79. The smallest absolute Gasteiger partial charge is 0.320 e. The molecule has 0 aromatic carbocycles. The van der Waals surface area contributed by atoms with Crippen molar-refractivity contribution in [2.24, 2.45) is 17.6 Å². The molecule has 0 saturated heterocycles. The average Bonchev–Trinajstić information content (AvgIpc) is 2.04. The number of carboxylic acids is 1. The van der Waals surface area contributed by atoms with Gasteiger partial charge in [-0.3, -0.25) is 4.79 Å². The number of carbonyl (C=O) groups is 1. The summed E-state index contributed by atoms with van der Waals surface area (Å²) in [5, 5.41) is 8.73. The second-order valence-corrected chi connectivity index (χ2v) is 3.79. The second kappa shape index (κ2) is 3.90. The van der Waals surface area contributed by atoms with E-state index in [-0.39, 0.29) is 5.92 Å². The van der Waals surface area contributed by atoms with Crippen molar-refractivity contribution in [2.45, 2.75) is 38.6 Å². The van der Waals surface area contributed by atoms with E-state index in [1.54, 1.807) is 0 Å². The molecule has 0 heterocycles. The zero-order valence-corrected chi connectivity index (χ0v) is 7.49. The van der Waals surface area contributed by atoms with Gasteiger partial charge >= 0.3 is 5.97 Å². The number of rotatable bonds is 2. The van der Waals surface area contributed by atoms with Crippen LogP contribution in [0.1, 0.15) is 32.6 Å². The van der Waals surface area contributed by atoms with Gasteiger partial charge in [-0.05, 0) is 18.3 Å². The van der Waals surface area contributed by atoms with E-state index >= 15 is 0 Å². The van der Waals surface area contributed by atoms with E-state index in [4.69, 9.17) is 10.8 Å². The molecular weight excluding hydrogens is 154 g/mol. The van der Waals surface area contributed by atoms with E-state index in [2.05, 4.69) is 6.92 Å². The van der Waals surface area contributed by atoms with Gasteiger partial charge in [-0.25, -0.2) is 0 Å². The maximum absolute atomic E-state index is 10.6. The summed E-state index contributed by atoms with van der Waals surface area (Å²) in [6, 6.07) is -0.653. The molecular formula is C9H17NO2. The van der Waals surface area contributed by atoms with Crippen LogP contribution in [0.4, 0.5) is 0 Å². The molecule has 0 spiro atoms. The van der Waals surface area contributed by atoms with E-state index in [9.17, 15) is 4.79 Å². The summed E-state index contributed by atoms with van der Waals surface area (Å²) in [7, 11) is 0. The highest BCUT2D eigenvalue weighted by Crippen LogP contribution is 2.31. The standard InChI is InChI=1S/C9H17NO2/c1-6-4-2-3-5-7(6)8(10)9(11)12/h6-8H,2-5,10H2,1H3,(H,11,12)/t6?,7?,8-/m0/s1. The molecule has 0 amide bonds. The first-order valence-electron chi connectivity index (χ1n) is 4.61. The normalized spacial score (nSPS) is 32.8. The zero-order chi connectivity index (χ0) is 9.14. The van der Waals surface area contributed by atoms with Crippen LogP contribution in [0.15, 0.2) is 0 Å². The van der Waals surface area contributed by atoms with Crippen LogP contribution < -0.4 is 5.73 Å². The molecule has 1 fully saturated rings. The van der Waals surface area contributed by atoms with E-state index in [0.717, 1.165) is 19.3 Å². The SMILES string of the molecule is CC1CCCCC1[C@H](N)C(=O)O. The lowest BCUT2D eigenvalue weighted by Gasteiger charge is -2.31. The summed E-state index contributed by atoms with van der Waals surface area (Å²) in [4.78, 5) is 10.6. The lowest BCUT2D eigenvalue weighted by Crippen LogP contribution is -2.42. The molecule has 0 aromatic heterocycles. The average molecular weight is 171 g/mol. The van der Waals surface area contributed by atoms with Gasteiger partial charge in [-0.15, -0.1) is 0 Å². The van der Waals surface area contributed by atoms with Crippen LogP contribution in [-0.2, 0) is 4.79 Å². The molecule has 1 saturated carbocycles. The predicted molar refractivity (Wildman–Crippen MR) is 46.7 cm³/mol. The van der Waals surface area contributed by atoms with Gasteiger partial charge < -0.3 is 10.8 Å². The monoisotopic (exact) mass is 171 g/mol. The minimum atomic E-state index is -0.853. The van der Waals surface area contributed by atoms with Crippen molar-refractivity contribution in [1.82, 2.24) is 0 Å². The lowest BCUT2D eigenvalue weighted by molar-refractivity contribution is -0.140. The van der Waals surface area contributed by atoms with E-state index in [0.29, 0.717) is 5.92 Å². The molecule has 1 rings (SSSR count). The highest BCUT2D eigenvalue weighted by atomic mass is 16.4. The summed E-state index contributed by atoms with van der Waals surface area (Å²) in [6.45, 7) is 2.10. The zero-order valence-electron chi connectivity index (χ0n) is 7.49. The van der Waals surface area contributed by atoms with Gasteiger partial charge in [-0.2, -0.15) is 0 Å². The van der Waals surface area contributed by atoms with Crippen molar-refractivity contribution in [3.05, 3.63) is 0 Å². The summed E-state index contributed by atoms with van der Waals surface area (Å²) < 4.78 is 0. The largest absolute Gasteiger partial charge is 0.480 e. The molecule has 1 aliphatic rings. The third-order valence-corrected chi connectivity index (χ3v) is 2.92. The highest BCUT2D eigenvalue weighted by Gasteiger charge is 2.30. The maximum Gasteiger partial charge on any atom is 0.320 e. The molecule has 0 bridgehead atoms. The molecule has 2 unspecified atom stereocenters. The number of aliphatic carboxylic acids is 1. The fourth-order valence-corrected chi connectivity index (χ4v) is 2.06. The van der Waals surface area contributed by atoms with Crippen molar-refractivity contribution in [3.63, 3.8) is 0 Å². The molecule has 0 aromatic rings. The van der Waals surface area contributed by atoms with Gasteiger partial charge in [0.2, 0.25) is 0 Å². The van der Waals surface area contributed by atoms with Crippen LogP contribution >= 0.6 is 0 Å². The molecule has 3 atom stereocenters. The molecule has 0 radical (unpaired) electrons. The van der Waals surface area contributed by atoms with Crippen molar-refractivity contribution in [3.8, 4) is 0 Å². The molecule has 12 heavy (non-hydrogen) atoms. The molecule has 3 heteroatoms. The first kappa shape index (κ1) is 9.52. The summed E-state index contributed by atoms with van der Waals surface area (Å²) in [5.41, 5.74) is 5.58. The first-order valence-corrected chi connectivity index (χ1v) is 4.61.